The highest BCUT2D eigenvalue weighted by Gasteiger charge is 2.42. The topological polar surface area (TPSA) is 106 Å². The molecule has 5 nitrogen and oxygen atoms in total. The first-order valence-electron chi connectivity index (χ1n) is 5.80. The van der Waals surface area contributed by atoms with E-state index in [0.29, 0.717) is 5.75 Å². The molecule has 104 valence electrons. The van der Waals surface area contributed by atoms with Crippen molar-refractivity contribution in [3.05, 3.63) is 35.4 Å². The second kappa shape index (κ2) is 6.70. The number of carbonyl (C=O) groups excluding carboxylic acids is 1. The van der Waals surface area contributed by atoms with Crippen molar-refractivity contribution in [1.82, 2.24) is 0 Å². The lowest BCUT2D eigenvalue weighted by molar-refractivity contribution is -0.141. The minimum Gasteiger partial charge on any atom is -0.480 e. The van der Waals surface area contributed by atoms with Crippen LogP contribution in [0.25, 0.3) is 0 Å². The van der Waals surface area contributed by atoms with Crippen LogP contribution in [-0.2, 0) is 11.3 Å². The molecular weight excluding hydrogens is 264 g/mol. The fourth-order valence-corrected chi connectivity index (χ4v) is 2.20. The number of nitrogens with two attached hydrogens (primary N) is 2. The van der Waals surface area contributed by atoms with E-state index >= 15 is 0 Å². The summed E-state index contributed by atoms with van der Waals surface area (Å²) >= 11 is 1.45. The molecule has 0 saturated carbocycles. The third kappa shape index (κ3) is 3.56. The van der Waals surface area contributed by atoms with Crippen molar-refractivity contribution in [2.24, 2.45) is 11.5 Å². The molecule has 0 saturated heterocycles. The van der Waals surface area contributed by atoms with E-state index in [-0.39, 0.29) is 18.5 Å². The van der Waals surface area contributed by atoms with Gasteiger partial charge in [-0.25, -0.2) is 4.79 Å². The van der Waals surface area contributed by atoms with Gasteiger partial charge in [0.25, 0.3) is 0 Å². The maximum Gasteiger partial charge on any atom is 0.331 e. The summed E-state index contributed by atoms with van der Waals surface area (Å²) in [6.07, 6.45) is 1.93. The van der Waals surface area contributed by atoms with Crippen LogP contribution in [-0.4, -0.2) is 34.4 Å². The first kappa shape index (κ1) is 15.7. The van der Waals surface area contributed by atoms with Gasteiger partial charge in [-0.2, -0.15) is 11.8 Å². The zero-order chi connectivity index (χ0) is 14.5. The van der Waals surface area contributed by atoms with Crippen molar-refractivity contribution in [2.75, 3.05) is 12.0 Å². The highest BCUT2D eigenvalue weighted by Crippen LogP contribution is 2.19. The molecule has 0 radical (unpaired) electrons. The summed E-state index contributed by atoms with van der Waals surface area (Å²) in [4.78, 5) is 23.6. The minimum atomic E-state index is -1.88. The van der Waals surface area contributed by atoms with Gasteiger partial charge in [0.2, 0.25) is 0 Å². The van der Waals surface area contributed by atoms with Gasteiger partial charge in [0.15, 0.2) is 11.3 Å². The van der Waals surface area contributed by atoms with Crippen molar-refractivity contribution in [1.29, 1.82) is 0 Å². The molecule has 0 fully saturated rings. The van der Waals surface area contributed by atoms with Gasteiger partial charge in [0.1, 0.15) is 0 Å². The summed E-state index contributed by atoms with van der Waals surface area (Å²) in [5.41, 5.74) is 10.5. The minimum absolute atomic E-state index is 0.0924. The average molecular weight is 282 g/mol. The Morgan fingerprint density at radius 3 is 2.63 bits per heavy atom. The Labute approximate surface area is 116 Å². The van der Waals surface area contributed by atoms with Gasteiger partial charge in [-0.15, -0.1) is 0 Å². The lowest BCUT2D eigenvalue weighted by atomic mass is 9.87. The fourth-order valence-electron chi connectivity index (χ4n) is 1.68. The van der Waals surface area contributed by atoms with Gasteiger partial charge in [-0.3, -0.25) is 4.79 Å². The molecule has 0 aliphatic rings. The molecule has 1 aromatic carbocycles. The third-order valence-electron chi connectivity index (χ3n) is 2.91. The van der Waals surface area contributed by atoms with Crippen LogP contribution in [0.3, 0.4) is 0 Å². The molecule has 0 aromatic heterocycles. The third-order valence-corrected chi connectivity index (χ3v) is 3.52. The van der Waals surface area contributed by atoms with E-state index in [1.807, 2.05) is 6.26 Å². The SMILES string of the molecule is CSCCC(N)(C(=O)O)C(=O)c1cccc(CN)c1. The van der Waals surface area contributed by atoms with E-state index in [0.717, 1.165) is 5.56 Å². The summed E-state index contributed by atoms with van der Waals surface area (Å²) in [7, 11) is 0. The zero-order valence-corrected chi connectivity index (χ0v) is 11.6. The van der Waals surface area contributed by atoms with Crippen LogP contribution in [0.2, 0.25) is 0 Å². The summed E-state index contributed by atoms with van der Waals surface area (Å²) in [5.74, 6) is -1.38. The zero-order valence-electron chi connectivity index (χ0n) is 10.8. The van der Waals surface area contributed by atoms with Crippen molar-refractivity contribution in [3.63, 3.8) is 0 Å². The number of hydrogen-bond donors (Lipinski definition) is 3. The van der Waals surface area contributed by atoms with Crippen LogP contribution >= 0.6 is 11.8 Å². The summed E-state index contributed by atoms with van der Waals surface area (Å²) in [6, 6.07) is 6.60. The van der Waals surface area contributed by atoms with E-state index in [1.165, 1.54) is 11.8 Å². The van der Waals surface area contributed by atoms with Gasteiger partial charge in [0, 0.05) is 12.1 Å². The van der Waals surface area contributed by atoms with E-state index in [1.54, 1.807) is 24.3 Å². The van der Waals surface area contributed by atoms with E-state index < -0.39 is 17.3 Å². The Morgan fingerprint density at radius 2 is 2.11 bits per heavy atom. The Bertz CT molecular complexity index is 479. The predicted molar refractivity (Wildman–Crippen MR) is 76.2 cm³/mol. The lowest BCUT2D eigenvalue weighted by Crippen LogP contribution is -2.55. The molecule has 0 spiro atoms. The van der Waals surface area contributed by atoms with Crippen molar-refractivity contribution in [3.8, 4) is 0 Å². The summed E-state index contributed by atoms with van der Waals surface area (Å²) < 4.78 is 0. The number of benzene rings is 1. The van der Waals surface area contributed by atoms with Crippen molar-refractivity contribution < 1.29 is 14.7 Å². The van der Waals surface area contributed by atoms with Crippen LogP contribution in [0.15, 0.2) is 24.3 Å². The Balaban J connectivity index is 3.08. The van der Waals surface area contributed by atoms with Crippen LogP contribution in [0.1, 0.15) is 22.3 Å². The smallest absolute Gasteiger partial charge is 0.331 e. The van der Waals surface area contributed by atoms with Crippen LogP contribution in [0.4, 0.5) is 0 Å². The van der Waals surface area contributed by atoms with E-state index in [9.17, 15) is 14.7 Å². The Morgan fingerprint density at radius 1 is 1.42 bits per heavy atom. The molecule has 0 aliphatic carbocycles. The number of hydrogen-bond acceptors (Lipinski definition) is 5. The molecule has 5 N–H and O–H groups in total. The molecule has 1 rings (SSSR count). The van der Waals surface area contributed by atoms with E-state index in [4.69, 9.17) is 11.5 Å². The first-order chi connectivity index (χ1) is 8.95. The number of rotatable bonds is 7. The lowest BCUT2D eigenvalue weighted by Gasteiger charge is -2.23. The number of ketones is 1. The van der Waals surface area contributed by atoms with Crippen molar-refractivity contribution >= 4 is 23.5 Å². The molecule has 6 heteroatoms. The molecule has 19 heavy (non-hydrogen) atoms. The average Bonchev–Trinajstić information content (AvgIpc) is 2.43. The largest absolute Gasteiger partial charge is 0.480 e. The number of aliphatic carboxylic acids is 1. The second-order valence-corrected chi connectivity index (χ2v) is 5.24. The normalized spacial score (nSPS) is 13.8. The number of carboxylic acids is 1. The van der Waals surface area contributed by atoms with Gasteiger partial charge >= 0.3 is 5.97 Å². The summed E-state index contributed by atoms with van der Waals surface area (Å²) in [5, 5.41) is 9.24. The number of carboxylic acid groups (broad SMARTS) is 1. The van der Waals surface area contributed by atoms with Gasteiger partial charge < -0.3 is 16.6 Å². The quantitative estimate of drug-likeness (QED) is 0.506. The summed E-state index contributed by atoms with van der Waals surface area (Å²) in [6.45, 7) is 0.288. The first-order valence-corrected chi connectivity index (χ1v) is 7.20. The van der Waals surface area contributed by atoms with Gasteiger partial charge in [-0.1, -0.05) is 18.2 Å². The molecule has 0 bridgehead atoms. The molecule has 0 amide bonds. The van der Waals surface area contributed by atoms with Crippen LogP contribution < -0.4 is 11.5 Å². The molecule has 1 unspecified atom stereocenters. The molecular formula is C13H18N2O3S. The van der Waals surface area contributed by atoms with Crippen molar-refractivity contribution in [2.45, 2.75) is 18.5 Å². The Kier molecular flexibility index (Phi) is 5.53. The number of carbonyl (C=O) groups is 2. The second-order valence-electron chi connectivity index (χ2n) is 4.25. The maximum atomic E-state index is 12.3. The van der Waals surface area contributed by atoms with Crippen LogP contribution in [0, 0.1) is 0 Å². The van der Waals surface area contributed by atoms with Crippen LogP contribution in [0.5, 0.6) is 0 Å². The molecule has 0 aliphatic heterocycles. The predicted octanol–water partition coefficient (Wildman–Crippen LogP) is 0.863. The monoisotopic (exact) mass is 282 g/mol. The van der Waals surface area contributed by atoms with Gasteiger partial charge in [-0.05, 0) is 30.1 Å². The standard InChI is InChI=1S/C13H18N2O3S/c1-19-6-5-13(15,12(17)18)11(16)10-4-2-3-9(7-10)8-14/h2-4,7H,5-6,8,14-15H2,1H3,(H,17,18). The fraction of sp³-hybridized carbons (Fsp3) is 0.385. The molecule has 1 aromatic rings. The molecule has 1 atom stereocenters. The maximum absolute atomic E-state index is 12.3. The highest BCUT2D eigenvalue weighted by atomic mass is 32.2. The number of thioether (sulfide) groups is 1. The molecule has 0 heterocycles. The Hall–Kier alpha value is -1.37. The number of Topliss-reactive ketones (excluding diaryl/α,β-unsaturated/α-hetero) is 1. The highest BCUT2D eigenvalue weighted by molar-refractivity contribution is 7.98. The van der Waals surface area contributed by atoms with Gasteiger partial charge in [0.05, 0.1) is 0 Å². The van der Waals surface area contributed by atoms with E-state index in [2.05, 4.69) is 0 Å².